The van der Waals surface area contributed by atoms with Crippen LogP contribution in [-0.4, -0.2) is 76.7 Å². The van der Waals surface area contributed by atoms with Crippen LogP contribution in [0, 0.1) is 11.3 Å². The molecule has 2 heterocycles. The van der Waals surface area contributed by atoms with E-state index in [1.165, 1.54) is 12.5 Å². The number of aliphatic hydroxyl groups excluding tert-OH is 4. The second-order valence-electron chi connectivity index (χ2n) is 7.54. The number of amides is 1. The Morgan fingerprint density at radius 2 is 1.83 bits per heavy atom. The van der Waals surface area contributed by atoms with Gasteiger partial charge in [0, 0.05) is 18.8 Å². The highest BCUT2D eigenvalue weighted by molar-refractivity contribution is 6.01. The Kier molecular flexibility index (Phi) is 7.42. The van der Waals surface area contributed by atoms with Crippen molar-refractivity contribution in [3.63, 3.8) is 0 Å². The van der Waals surface area contributed by atoms with Gasteiger partial charge in [0.05, 0.1) is 6.61 Å². The zero-order valence-corrected chi connectivity index (χ0v) is 16.5. The Balaban J connectivity index is 1.68. The molecule has 0 bridgehead atoms. The summed E-state index contributed by atoms with van der Waals surface area (Å²) in [7, 11) is 0. The Labute approximate surface area is 174 Å². The first-order valence-corrected chi connectivity index (χ1v) is 10.0. The van der Waals surface area contributed by atoms with Gasteiger partial charge in [-0.15, -0.1) is 0 Å². The van der Waals surface area contributed by atoms with Crippen molar-refractivity contribution in [2.24, 2.45) is 0 Å². The standard InChI is InChI=1S/C21H27N3O6/c22-11-14(10-13-4-6-15(7-5-13)24-8-2-1-3-9-24)20(28)23-17-19(27)18(26)16(12-25)30-21(17)29/h4-7,10,16-19,21,25-27,29H,1-3,8-9,12H2,(H,23,28)/b14-10+/t16-,17-,18-,19-,21?/m1/s1. The molecule has 5 atom stereocenters. The number of hydrogen-bond acceptors (Lipinski definition) is 8. The summed E-state index contributed by atoms with van der Waals surface area (Å²) < 4.78 is 5.01. The summed E-state index contributed by atoms with van der Waals surface area (Å²) >= 11 is 0. The lowest BCUT2D eigenvalue weighted by molar-refractivity contribution is -0.253. The molecule has 0 aliphatic carbocycles. The maximum absolute atomic E-state index is 12.5. The van der Waals surface area contributed by atoms with Crippen molar-refractivity contribution in [3.05, 3.63) is 35.4 Å². The fourth-order valence-electron chi connectivity index (χ4n) is 3.73. The largest absolute Gasteiger partial charge is 0.394 e. The maximum Gasteiger partial charge on any atom is 0.262 e. The van der Waals surface area contributed by atoms with Crippen molar-refractivity contribution >= 4 is 17.7 Å². The lowest BCUT2D eigenvalue weighted by Crippen LogP contribution is -2.64. The van der Waals surface area contributed by atoms with Gasteiger partial charge in [-0.2, -0.15) is 5.26 Å². The third-order valence-corrected chi connectivity index (χ3v) is 5.49. The maximum atomic E-state index is 12.5. The second kappa shape index (κ2) is 10.0. The van der Waals surface area contributed by atoms with Crippen molar-refractivity contribution in [1.29, 1.82) is 5.26 Å². The first kappa shape index (κ1) is 22.2. The molecule has 5 N–H and O–H groups in total. The van der Waals surface area contributed by atoms with Gasteiger partial charge in [0.15, 0.2) is 6.29 Å². The Bertz CT molecular complexity index is 800. The van der Waals surface area contributed by atoms with Crippen molar-refractivity contribution in [2.75, 3.05) is 24.6 Å². The van der Waals surface area contributed by atoms with Crippen LogP contribution in [0.3, 0.4) is 0 Å². The lowest BCUT2D eigenvalue weighted by atomic mass is 9.96. The van der Waals surface area contributed by atoms with E-state index in [1.807, 2.05) is 30.3 Å². The molecule has 0 aromatic heterocycles. The lowest BCUT2D eigenvalue weighted by Gasteiger charge is -2.40. The van der Waals surface area contributed by atoms with Crippen molar-refractivity contribution in [2.45, 2.75) is 49.9 Å². The van der Waals surface area contributed by atoms with Crippen LogP contribution < -0.4 is 10.2 Å². The highest BCUT2D eigenvalue weighted by Crippen LogP contribution is 2.22. The molecule has 162 valence electrons. The summed E-state index contributed by atoms with van der Waals surface area (Å²) in [5, 5.41) is 50.9. The average Bonchev–Trinajstić information content (AvgIpc) is 2.78. The van der Waals surface area contributed by atoms with Crippen molar-refractivity contribution in [3.8, 4) is 6.07 Å². The molecule has 2 fully saturated rings. The minimum Gasteiger partial charge on any atom is -0.394 e. The van der Waals surface area contributed by atoms with Gasteiger partial charge < -0.3 is 35.4 Å². The smallest absolute Gasteiger partial charge is 0.262 e. The average molecular weight is 417 g/mol. The molecule has 0 radical (unpaired) electrons. The number of hydrogen-bond donors (Lipinski definition) is 5. The summed E-state index contributed by atoms with van der Waals surface area (Å²) in [5.41, 5.74) is 1.52. The van der Waals surface area contributed by atoms with Crippen LogP contribution in [0.25, 0.3) is 6.08 Å². The quantitative estimate of drug-likeness (QED) is 0.318. The minimum atomic E-state index is -1.65. The van der Waals surface area contributed by atoms with Crippen LogP contribution in [0.15, 0.2) is 29.8 Å². The van der Waals surface area contributed by atoms with E-state index in [9.17, 15) is 25.4 Å². The van der Waals surface area contributed by atoms with Crippen LogP contribution in [0.2, 0.25) is 0 Å². The van der Waals surface area contributed by atoms with E-state index in [0.29, 0.717) is 5.56 Å². The molecule has 0 spiro atoms. The van der Waals surface area contributed by atoms with Crippen LogP contribution in [0.4, 0.5) is 5.69 Å². The normalized spacial score (nSPS) is 29.9. The predicted octanol–water partition coefficient (Wildman–Crippen LogP) is -0.500. The van der Waals surface area contributed by atoms with Gasteiger partial charge in [-0.05, 0) is 43.0 Å². The minimum absolute atomic E-state index is 0.223. The molecule has 2 aliphatic rings. The van der Waals surface area contributed by atoms with Crippen LogP contribution in [0.1, 0.15) is 24.8 Å². The number of nitrogens with one attached hydrogen (secondary N) is 1. The third kappa shape index (κ3) is 4.98. The molecule has 1 unspecified atom stereocenters. The molecule has 2 saturated heterocycles. The fraction of sp³-hybridized carbons (Fsp3) is 0.524. The summed E-state index contributed by atoms with van der Waals surface area (Å²) in [5.74, 6) is -0.820. The number of carbonyl (C=O) groups excluding carboxylic acids is 1. The zero-order chi connectivity index (χ0) is 21.7. The van der Waals surface area contributed by atoms with Crippen LogP contribution >= 0.6 is 0 Å². The van der Waals surface area contributed by atoms with Gasteiger partial charge in [-0.3, -0.25) is 4.79 Å². The highest BCUT2D eigenvalue weighted by Gasteiger charge is 2.44. The summed E-state index contributed by atoms with van der Waals surface area (Å²) in [6, 6.07) is 7.98. The summed E-state index contributed by atoms with van der Waals surface area (Å²) in [6.07, 6.45) is -0.913. The van der Waals surface area contributed by atoms with Crippen LogP contribution in [-0.2, 0) is 9.53 Å². The SMILES string of the molecule is N#C/C(=C\c1ccc(N2CCCCC2)cc1)C(=O)N[C@H]1C(O)O[C@H](CO)[C@@H](O)[C@@H]1O. The predicted molar refractivity (Wildman–Crippen MR) is 108 cm³/mol. The van der Waals surface area contributed by atoms with E-state index < -0.39 is 43.2 Å². The van der Waals surface area contributed by atoms with Gasteiger partial charge in [0.25, 0.3) is 5.91 Å². The van der Waals surface area contributed by atoms with Crippen molar-refractivity contribution < 1.29 is 30.0 Å². The Morgan fingerprint density at radius 3 is 2.43 bits per heavy atom. The molecule has 2 aliphatic heterocycles. The number of ether oxygens (including phenoxy) is 1. The van der Waals surface area contributed by atoms with E-state index >= 15 is 0 Å². The topological polar surface area (TPSA) is 146 Å². The van der Waals surface area contributed by atoms with E-state index in [-0.39, 0.29) is 5.57 Å². The monoisotopic (exact) mass is 417 g/mol. The first-order chi connectivity index (χ1) is 14.4. The summed E-state index contributed by atoms with van der Waals surface area (Å²) in [6.45, 7) is 1.42. The van der Waals surface area contributed by atoms with E-state index in [2.05, 4.69) is 10.2 Å². The molecule has 9 nitrogen and oxygen atoms in total. The number of piperidine rings is 1. The van der Waals surface area contributed by atoms with Gasteiger partial charge >= 0.3 is 0 Å². The first-order valence-electron chi connectivity index (χ1n) is 10.0. The number of nitrogens with zero attached hydrogens (tertiary/aromatic N) is 2. The zero-order valence-electron chi connectivity index (χ0n) is 16.5. The molecule has 3 rings (SSSR count). The van der Waals surface area contributed by atoms with Crippen molar-refractivity contribution in [1.82, 2.24) is 5.32 Å². The third-order valence-electron chi connectivity index (χ3n) is 5.49. The summed E-state index contributed by atoms with van der Waals surface area (Å²) in [4.78, 5) is 14.8. The number of carbonyl (C=O) groups is 1. The number of aliphatic hydroxyl groups is 4. The number of benzene rings is 1. The molecule has 1 aromatic rings. The highest BCUT2D eigenvalue weighted by atomic mass is 16.6. The van der Waals surface area contributed by atoms with E-state index in [4.69, 9.17) is 9.84 Å². The van der Waals surface area contributed by atoms with E-state index in [0.717, 1.165) is 31.6 Å². The molecular weight excluding hydrogens is 390 g/mol. The Morgan fingerprint density at radius 1 is 1.17 bits per heavy atom. The van der Waals surface area contributed by atoms with Gasteiger partial charge in [0.2, 0.25) is 0 Å². The molecule has 1 aromatic carbocycles. The van der Waals surface area contributed by atoms with Crippen LogP contribution in [0.5, 0.6) is 0 Å². The number of rotatable bonds is 5. The Hall–Kier alpha value is -2.48. The molecule has 0 saturated carbocycles. The number of anilines is 1. The molecule has 1 amide bonds. The van der Waals surface area contributed by atoms with E-state index in [1.54, 1.807) is 0 Å². The molecule has 30 heavy (non-hydrogen) atoms. The fourth-order valence-corrected chi connectivity index (χ4v) is 3.73. The molecular formula is C21H27N3O6. The van der Waals surface area contributed by atoms with Gasteiger partial charge in [-0.25, -0.2) is 0 Å². The van der Waals surface area contributed by atoms with Gasteiger partial charge in [-0.1, -0.05) is 12.1 Å². The molecule has 9 heteroatoms. The number of nitriles is 1. The van der Waals surface area contributed by atoms with Gasteiger partial charge in [0.1, 0.15) is 36.0 Å². The second-order valence-corrected chi connectivity index (χ2v) is 7.54.